The van der Waals surface area contributed by atoms with Gasteiger partial charge in [0.15, 0.2) is 0 Å². The van der Waals surface area contributed by atoms with Gasteiger partial charge in [-0.2, -0.15) is 0 Å². The Morgan fingerprint density at radius 3 is 2.42 bits per heavy atom. The van der Waals surface area contributed by atoms with Gasteiger partial charge in [-0.15, -0.1) is 0 Å². The van der Waals surface area contributed by atoms with Gasteiger partial charge in [0.05, 0.1) is 4.90 Å². The van der Waals surface area contributed by atoms with Crippen molar-refractivity contribution in [3.8, 4) is 0 Å². The van der Waals surface area contributed by atoms with Crippen molar-refractivity contribution in [3.05, 3.63) is 24.0 Å². The van der Waals surface area contributed by atoms with E-state index in [-0.39, 0.29) is 34.5 Å². The summed E-state index contributed by atoms with van der Waals surface area (Å²) in [5, 5.41) is 0. The van der Waals surface area contributed by atoms with E-state index in [2.05, 4.69) is 4.98 Å². The second-order valence-corrected chi connectivity index (χ2v) is 3.44. The molecule has 4 nitrogen and oxygen atoms in total. The van der Waals surface area contributed by atoms with Gasteiger partial charge in [-0.25, -0.2) is 8.42 Å². The molecule has 0 amide bonds. The molecular weight excluding hydrogens is 189 g/mol. The van der Waals surface area contributed by atoms with Gasteiger partial charge in [0.2, 0.25) is 0 Å². The van der Waals surface area contributed by atoms with Crippen LogP contribution in [0.4, 0.5) is 0 Å². The van der Waals surface area contributed by atoms with Crippen LogP contribution in [0.1, 0.15) is 5.56 Å². The SMILES string of the molecule is Cc1ccncc1S(=O)(=O)[O-].[Na+]. The van der Waals surface area contributed by atoms with Crippen molar-refractivity contribution in [2.24, 2.45) is 0 Å². The van der Waals surface area contributed by atoms with Crippen molar-refractivity contribution >= 4 is 10.1 Å². The van der Waals surface area contributed by atoms with Crippen molar-refractivity contribution in [2.45, 2.75) is 11.8 Å². The van der Waals surface area contributed by atoms with Crippen LogP contribution in [0, 0.1) is 6.92 Å². The molecule has 1 aromatic heterocycles. The smallest absolute Gasteiger partial charge is 0.744 e. The molecule has 1 heterocycles. The van der Waals surface area contributed by atoms with Gasteiger partial charge < -0.3 is 4.55 Å². The summed E-state index contributed by atoms with van der Waals surface area (Å²) in [6.45, 7) is 1.55. The summed E-state index contributed by atoms with van der Waals surface area (Å²) in [6, 6.07) is 1.48. The number of aryl methyl sites for hydroxylation is 1. The van der Waals surface area contributed by atoms with Gasteiger partial charge >= 0.3 is 29.6 Å². The molecule has 12 heavy (non-hydrogen) atoms. The zero-order chi connectivity index (χ0) is 8.48. The minimum absolute atomic E-state index is 0. The predicted molar refractivity (Wildman–Crippen MR) is 36.9 cm³/mol. The van der Waals surface area contributed by atoms with E-state index in [1.165, 1.54) is 12.3 Å². The summed E-state index contributed by atoms with van der Waals surface area (Å²) in [4.78, 5) is 3.28. The van der Waals surface area contributed by atoms with Crippen LogP contribution >= 0.6 is 0 Å². The molecule has 0 unspecified atom stereocenters. The molecule has 1 rings (SSSR count). The number of hydrogen-bond acceptors (Lipinski definition) is 4. The molecule has 0 aliphatic rings. The third-order valence-electron chi connectivity index (χ3n) is 1.26. The zero-order valence-electron chi connectivity index (χ0n) is 6.81. The number of nitrogens with zero attached hydrogens (tertiary/aromatic N) is 1. The van der Waals surface area contributed by atoms with E-state index < -0.39 is 10.1 Å². The maximum atomic E-state index is 10.5. The molecule has 0 aromatic carbocycles. The normalized spacial score (nSPS) is 10.5. The van der Waals surface area contributed by atoms with E-state index in [0.717, 1.165) is 6.20 Å². The minimum atomic E-state index is -4.35. The van der Waals surface area contributed by atoms with Crippen LogP contribution in [0.25, 0.3) is 0 Å². The van der Waals surface area contributed by atoms with Gasteiger partial charge in [-0.1, -0.05) is 0 Å². The first-order valence-corrected chi connectivity index (χ1v) is 4.29. The molecule has 0 radical (unpaired) electrons. The third kappa shape index (κ3) is 2.84. The molecule has 0 atom stereocenters. The van der Waals surface area contributed by atoms with Crippen LogP contribution in [0.2, 0.25) is 0 Å². The van der Waals surface area contributed by atoms with Gasteiger partial charge in [0.1, 0.15) is 10.1 Å². The standard InChI is InChI=1S/C6H7NO3S.Na/c1-5-2-3-7-4-6(5)11(8,9)10;/h2-4H,1H3,(H,8,9,10);/q;+1/p-1. The Labute approximate surface area is 93.1 Å². The Kier molecular flexibility index (Phi) is 4.36. The van der Waals surface area contributed by atoms with E-state index in [1.807, 2.05) is 0 Å². The topological polar surface area (TPSA) is 70.1 Å². The van der Waals surface area contributed by atoms with Gasteiger partial charge in [-0.3, -0.25) is 4.98 Å². The monoisotopic (exact) mass is 195 g/mol. The average molecular weight is 195 g/mol. The average Bonchev–Trinajstić information content (AvgIpc) is 1.86. The summed E-state index contributed by atoms with van der Waals surface area (Å²) in [5.41, 5.74) is 0.426. The van der Waals surface area contributed by atoms with E-state index in [1.54, 1.807) is 6.92 Å². The van der Waals surface area contributed by atoms with Crippen molar-refractivity contribution < 1.29 is 42.5 Å². The maximum Gasteiger partial charge on any atom is 1.00 e. The summed E-state index contributed by atoms with van der Waals surface area (Å²) < 4.78 is 31.4. The largest absolute Gasteiger partial charge is 1.00 e. The number of pyridine rings is 1. The molecule has 60 valence electrons. The third-order valence-corrected chi connectivity index (χ3v) is 2.23. The van der Waals surface area contributed by atoms with Gasteiger partial charge in [-0.05, 0) is 18.6 Å². The Balaban J connectivity index is 0.00000121. The van der Waals surface area contributed by atoms with E-state index in [0.29, 0.717) is 5.56 Å². The summed E-state index contributed by atoms with van der Waals surface area (Å²) in [6.07, 6.45) is 2.49. The van der Waals surface area contributed by atoms with Crippen molar-refractivity contribution in [2.75, 3.05) is 0 Å². The quantitative estimate of drug-likeness (QED) is 0.361. The second-order valence-electron chi connectivity index (χ2n) is 2.10. The first kappa shape index (κ1) is 12.1. The maximum absolute atomic E-state index is 10.5. The van der Waals surface area contributed by atoms with E-state index in [9.17, 15) is 13.0 Å². The fraction of sp³-hybridized carbons (Fsp3) is 0.167. The molecule has 0 saturated carbocycles. The van der Waals surface area contributed by atoms with Crippen molar-refractivity contribution in [3.63, 3.8) is 0 Å². The molecule has 0 saturated heterocycles. The van der Waals surface area contributed by atoms with Gasteiger partial charge in [0, 0.05) is 12.4 Å². The fourth-order valence-electron chi connectivity index (χ4n) is 0.711. The van der Waals surface area contributed by atoms with Crippen LogP contribution in [0.15, 0.2) is 23.4 Å². The van der Waals surface area contributed by atoms with E-state index >= 15 is 0 Å². The molecule has 0 aliphatic heterocycles. The summed E-state index contributed by atoms with van der Waals surface area (Å²) in [7, 11) is -4.35. The van der Waals surface area contributed by atoms with Gasteiger partial charge in [0.25, 0.3) is 0 Å². The molecule has 0 aliphatic carbocycles. The number of rotatable bonds is 1. The Morgan fingerprint density at radius 1 is 1.50 bits per heavy atom. The second kappa shape index (κ2) is 4.34. The van der Waals surface area contributed by atoms with Crippen molar-refractivity contribution in [1.29, 1.82) is 0 Å². The predicted octanol–water partition coefficient (Wildman–Crippen LogP) is -2.70. The van der Waals surface area contributed by atoms with Crippen LogP contribution in [-0.4, -0.2) is 18.0 Å². The van der Waals surface area contributed by atoms with Crippen LogP contribution in [-0.2, 0) is 10.1 Å². The summed E-state index contributed by atoms with van der Waals surface area (Å²) in [5.74, 6) is 0. The molecule has 0 N–H and O–H groups in total. The summed E-state index contributed by atoms with van der Waals surface area (Å²) >= 11 is 0. The number of hydrogen-bond donors (Lipinski definition) is 0. The Bertz CT molecular complexity index is 363. The van der Waals surface area contributed by atoms with Crippen LogP contribution in [0.3, 0.4) is 0 Å². The van der Waals surface area contributed by atoms with Crippen molar-refractivity contribution in [1.82, 2.24) is 4.98 Å². The minimum Gasteiger partial charge on any atom is -0.744 e. The molecule has 0 spiro atoms. The Hall–Kier alpha value is 0.0600. The molecular formula is C6H6NNaO3S. The molecule has 6 heteroatoms. The van der Waals surface area contributed by atoms with Crippen LogP contribution < -0.4 is 29.6 Å². The molecule has 0 bridgehead atoms. The first-order valence-electron chi connectivity index (χ1n) is 2.88. The van der Waals surface area contributed by atoms with Crippen LogP contribution in [0.5, 0.6) is 0 Å². The molecule has 0 fully saturated rings. The first-order chi connectivity index (χ1) is 5.02. The van der Waals surface area contributed by atoms with E-state index in [4.69, 9.17) is 0 Å². The fourth-order valence-corrected chi connectivity index (χ4v) is 1.36. The molecule has 1 aromatic rings. The number of aromatic nitrogens is 1. The zero-order valence-corrected chi connectivity index (χ0v) is 9.63. The Morgan fingerprint density at radius 2 is 2.08 bits per heavy atom.